The van der Waals surface area contributed by atoms with Gasteiger partial charge in [-0.3, -0.25) is 0 Å². The maximum Gasteiger partial charge on any atom is 0.00953 e. The van der Waals surface area contributed by atoms with Crippen molar-refractivity contribution < 1.29 is 0 Å². The molecule has 1 nitrogen and oxygen atoms in total. The molecule has 0 spiro atoms. The number of thioether (sulfide) groups is 1. The fourth-order valence-electron chi connectivity index (χ4n) is 3.05. The minimum Gasteiger partial charge on any atom is -0.314 e. The Balaban J connectivity index is 1.71. The van der Waals surface area contributed by atoms with E-state index < -0.39 is 0 Å². The van der Waals surface area contributed by atoms with Crippen LogP contribution in [0, 0.1) is 11.8 Å². The Morgan fingerprint density at radius 3 is 2.72 bits per heavy atom. The lowest BCUT2D eigenvalue weighted by Gasteiger charge is -2.21. The molecular weight excluding hydrogens is 238 g/mol. The van der Waals surface area contributed by atoms with Crippen LogP contribution in [0.2, 0.25) is 0 Å². The van der Waals surface area contributed by atoms with E-state index in [0.29, 0.717) is 0 Å². The zero-order valence-corrected chi connectivity index (χ0v) is 12.4. The molecule has 1 aliphatic rings. The summed E-state index contributed by atoms with van der Waals surface area (Å²) in [7, 11) is 0. The largest absolute Gasteiger partial charge is 0.314 e. The molecule has 1 fully saturated rings. The normalized spacial score (nSPS) is 27.6. The Labute approximate surface area is 116 Å². The SMILES string of the molecule is CCNC1CCC(CCSc2ccccc2)C1C. The molecule has 3 unspecified atom stereocenters. The minimum absolute atomic E-state index is 0.765. The lowest BCUT2D eigenvalue weighted by Crippen LogP contribution is -2.32. The summed E-state index contributed by atoms with van der Waals surface area (Å²) in [5.41, 5.74) is 0. The third-order valence-electron chi connectivity index (χ3n) is 4.19. The van der Waals surface area contributed by atoms with Crippen LogP contribution in [0.5, 0.6) is 0 Å². The van der Waals surface area contributed by atoms with Crippen molar-refractivity contribution in [2.75, 3.05) is 12.3 Å². The second-order valence-electron chi connectivity index (χ2n) is 5.31. The summed E-state index contributed by atoms with van der Waals surface area (Å²) in [6.07, 6.45) is 4.15. The lowest BCUT2D eigenvalue weighted by molar-refractivity contribution is 0.351. The van der Waals surface area contributed by atoms with E-state index in [1.807, 2.05) is 11.8 Å². The van der Waals surface area contributed by atoms with E-state index in [4.69, 9.17) is 0 Å². The van der Waals surface area contributed by atoms with Crippen LogP contribution in [0.3, 0.4) is 0 Å². The van der Waals surface area contributed by atoms with Crippen LogP contribution in [0.25, 0.3) is 0 Å². The Morgan fingerprint density at radius 1 is 1.22 bits per heavy atom. The predicted molar refractivity (Wildman–Crippen MR) is 81.1 cm³/mol. The maximum absolute atomic E-state index is 3.63. The molecule has 100 valence electrons. The summed E-state index contributed by atoms with van der Waals surface area (Å²) in [5.74, 6) is 3.03. The van der Waals surface area contributed by atoms with E-state index in [9.17, 15) is 0 Å². The zero-order valence-electron chi connectivity index (χ0n) is 11.6. The smallest absolute Gasteiger partial charge is 0.00953 e. The molecule has 0 aliphatic heterocycles. The average molecular weight is 263 g/mol. The number of hydrogen-bond donors (Lipinski definition) is 1. The first kappa shape index (κ1) is 14.0. The summed E-state index contributed by atoms with van der Waals surface area (Å²) in [6.45, 7) is 5.75. The van der Waals surface area contributed by atoms with Crippen LogP contribution in [-0.2, 0) is 0 Å². The van der Waals surface area contributed by atoms with Crippen molar-refractivity contribution in [1.82, 2.24) is 5.32 Å². The fraction of sp³-hybridized carbons (Fsp3) is 0.625. The van der Waals surface area contributed by atoms with Gasteiger partial charge in [-0.15, -0.1) is 11.8 Å². The van der Waals surface area contributed by atoms with E-state index in [1.165, 1.54) is 29.9 Å². The third kappa shape index (κ3) is 3.76. The molecule has 3 atom stereocenters. The standard InChI is InChI=1S/C16H25NS/c1-3-17-16-10-9-14(13(16)2)11-12-18-15-7-5-4-6-8-15/h4-8,13-14,16-17H,3,9-12H2,1-2H3. The average Bonchev–Trinajstić information content (AvgIpc) is 2.73. The van der Waals surface area contributed by atoms with Gasteiger partial charge in [-0.05, 0) is 55.5 Å². The number of benzene rings is 1. The molecule has 1 saturated carbocycles. The van der Waals surface area contributed by atoms with Gasteiger partial charge in [-0.2, -0.15) is 0 Å². The first-order valence-electron chi connectivity index (χ1n) is 7.22. The van der Waals surface area contributed by atoms with E-state index in [1.54, 1.807) is 0 Å². The van der Waals surface area contributed by atoms with Gasteiger partial charge in [0, 0.05) is 10.9 Å². The van der Waals surface area contributed by atoms with Gasteiger partial charge in [-0.25, -0.2) is 0 Å². The Bertz CT molecular complexity index is 338. The molecule has 0 amide bonds. The van der Waals surface area contributed by atoms with Gasteiger partial charge in [0.1, 0.15) is 0 Å². The molecule has 0 radical (unpaired) electrons. The first-order valence-corrected chi connectivity index (χ1v) is 8.21. The van der Waals surface area contributed by atoms with Gasteiger partial charge in [0.2, 0.25) is 0 Å². The van der Waals surface area contributed by atoms with Crippen LogP contribution in [0.4, 0.5) is 0 Å². The molecule has 0 heterocycles. The molecule has 1 N–H and O–H groups in total. The van der Waals surface area contributed by atoms with Crippen molar-refractivity contribution in [3.05, 3.63) is 30.3 Å². The molecule has 0 aromatic heterocycles. The van der Waals surface area contributed by atoms with Crippen LogP contribution < -0.4 is 5.32 Å². The lowest BCUT2D eigenvalue weighted by atomic mass is 9.93. The van der Waals surface area contributed by atoms with Gasteiger partial charge in [0.05, 0.1) is 0 Å². The Kier molecular flexibility index (Phi) is 5.58. The number of hydrogen-bond acceptors (Lipinski definition) is 2. The summed E-state index contributed by atoms with van der Waals surface area (Å²) < 4.78 is 0. The molecule has 18 heavy (non-hydrogen) atoms. The Hall–Kier alpha value is -0.470. The molecule has 0 saturated heterocycles. The molecule has 1 aromatic carbocycles. The van der Waals surface area contributed by atoms with Gasteiger partial charge < -0.3 is 5.32 Å². The maximum atomic E-state index is 3.63. The zero-order chi connectivity index (χ0) is 12.8. The van der Waals surface area contributed by atoms with Gasteiger partial charge in [-0.1, -0.05) is 32.0 Å². The number of rotatable bonds is 6. The molecular formula is C16H25NS. The van der Waals surface area contributed by atoms with Crippen molar-refractivity contribution >= 4 is 11.8 Å². The van der Waals surface area contributed by atoms with Crippen molar-refractivity contribution in [2.45, 2.75) is 44.0 Å². The second-order valence-corrected chi connectivity index (χ2v) is 6.48. The van der Waals surface area contributed by atoms with E-state index in [0.717, 1.165) is 24.4 Å². The van der Waals surface area contributed by atoms with Crippen molar-refractivity contribution in [3.8, 4) is 0 Å². The third-order valence-corrected chi connectivity index (χ3v) is 5.24. The first-order chi connectivity index (χ1) is 8.81. The molecule has 2 rings (SSSR count). The van der Waals surface area contributed by atoms with Gasteiger partial charge in [0.25, 0.3) is 0 Å². The van der Waals surface area contributed by atoms with Gasteiger partial charge >= 0.3 is 0 Å². The van der Waals surface area contributed by atoms with Crippen molar-refractivity contribution in [3.63, 3.8) is 0 Å². The topological polar surface area (TPSA) is 12.0 Å². The Morgan fingerprint density at radius 2 is 2.00 bits per heavy atom. The summed E-state index contributed by atoms with van der Waals surface area (Å²) in [6, 6.07) is 11.5. The minimum atomic E-state index is 0.765. The van der Waals surface area contributed by atoms with Crippen molar-refractivity contribution in [1.29, 1.82) is 0 Å². The van der Waals surface area contributed by atoms with E-state index >= 15 is 0 Å². The monoisotopic (exact) mass is 263 g/mol. The van der Waals surface area contributed by atoms with E-state index in [2.05, 4.69) is 49.5 Å². The van der Waals surface area contributed by atoms with Crippen LogP contribution in [0.15, 0.2) is 35.2 Å². The second kappa shape index (κ2) is 7.20. The van der Waals surface area contributed by atoms with Crippen molar-refractivity contribution in [2.24, 2.45) is 11.8 Å². The van der Waals surface area contributed by atoms with Crippen LogP contribution in [0.1, 0.15) is 33.1 Å². The molecule has 1 aromatic rings. The molecule has 1 aliphatic carbocycles. The highest BCUT2D eigenvalue weighted by Gasteiger charge is 2.31. The number of nitrogens with one attached hydrogen (secondary N) is 1. The summed E-state index contributed by atoms with van der Waals surface area (Å²) in [5, 5.41) is 3.63. The quantitative estimate of drug-likeness (QED) is 0.772. The van der Waals surface area contributed by atoms with Crippen LogP contribution >= 0.6 is 11.8 Å². The van der Waals surface area contributed by atoms with Gasteiger partial charge in [0.15, 0.2) is 0 Å². The van der Waals surface area contributed by atoms with E-state index in [-0.39, 0.29) is 0 Å². The van der Waals surface area contributed by atoms with Crippen LogP contribution in [-0.4, -0.2) is 18.3 Å². The summed E-state index contributed by atoms with van der Waals surface area (Å²) in [4.78, 5) is 1.41. The molecule has 2 heteroatoms. The highest BCUT2D eigenvalue weighted by atomic mass is 32.2. The highest BCUT2D eigenvalue weighted by Crippen LogP contribution is 2.35. The summed E-state index contributed by atoms with van der Waals surface area (Å²) >= 11 is 2.00. The highest BCUT2D eigenvalue weighted by molar-refractivity contribution is 7.99. The molecule has 0 bridgehead atoms. The fourth-order valence-corrected chi connectivity index (χ4v) is 4.06. The predicted octanol–water partition coefficient (Wildman–Crippen LogP) is 4.19.